The van der Waals surface area contributed by atoms with Crippen LogP contribution in [0.15, 0.2) is 60.7 Å². The number of hydroxylamine groups is 1. The van der Waals surface area contributed by atoms with E-state index in [0.29, 0.717) is 13.0 Å². The zero-order valence-corrected chi connectivity index (χ0v) is 14.0. The zero-order chi connectivity index (χ0) is 17.2. The quantitative estimate of drug-likeness (QED) is 0.695. The summed E-state index contributed by atoms with van der Waals surface area (Å²) >= 11 is 0. The van der Waals surface area contributed by atoms with Crippen LogP contribution in [0, 0.1) is 5.92 Å². The van der Waals surface area contributed by atoms with Crippen molar-refractivity contribution in [1.82, 2.24) is 5.48 Å². The Hall–Kier alpha value is -2.17. The summed E-state index contributed by atoms with van der Waals surface area (Å²) in [6, 6.07) is 19.8. The number of aliphatic hydroxyl groups excluding tert-OH is 1. The van der Waals surface area contributed by atoms with Gasteiger partial charge in [0.05, 0.1) is 18.6 Å². The number of rotatable bonds is 9. The van der Waals surface area contributed by atoms with Crippen molar-refractivity contribution in [2.45, 2.75) is 38.9 Å². The van der Waals surface area contributed by atoms with Crippen LogP contribution < -0.4 is 5.48 Å². The number of hydrogen-bond donors (Lipinski definition) is 2. The van der Waals surface area contributed by atoms with Crippen LogP contribution in [0.4, 0.5) is 0 Å². The van der Waals surface area contributed by atoms with Gasteiger partial charge in [-0.1, -0.05) is 60.7 Å². The van der Waals surface area contributed by atoms with E-state index in [4.69, 9.17) is 4.84 Å². The smallest absolute Gasteiger partial charge is 0.249 e. The van der Waals surface area contributed by atoms with Crippen molar-refractivity contribution in [3.63, 3.8) is 0 Å². The Morgan fingerprint density at radius 1 is 1.04 bits per heavy atom. The maximum atomic E-state index is 12.2. The molecule has 0 radical (unpaired) electrons. The SMILES string of the molecule is C[C@H](O)[C@@H](CCCc1ccccc1)C(=O)NOCc1ccccc1. The predicted molar refractivity (Wildman–Crippen MR) is 93.9 cm³/mol. The van der Waals surface area contributed by atoms with E-state index in [-0.39, 0.29) is 5.91 Å². The molecule has 0 aromatic heterocycles. The number of nitrogens with one attached hydrogen (secondary N) is 1. The third kappa shape index (κ3) is 6.14. The van der Waals surface area contributed by atoms with Crippen LogP contribution in [-0.2, 0) is 22.7 Å². The first kappa shape index (κ1) is 18.2. The van der Waals surface area contributed by atoms with Gasteiger partial charge in [-0.15, -0.1) is 0 Å². The fraction of sp³-hybridized carbons (Fsp3) is 0.350. The molecule has 4 heteroatoms. The first-order chi connectivity index (χ1) is 11.7. The first-order valence-electron chi connectivity index (χ1n) is 8.34. The van der Waals surface area contributed by atoms with Gasteiger partial charge in [0.1, 0.15) is 0 Å². The lowest BCUT2D eigenvalue weighted by Crippen LogP contribution is -2.36. The number of carbonyl (C=O) groups is 1. The first-order valence-corrected chi connectivity index (χ1v) is 8.34. The lowest BCUT2D eigenvalue weighted by molar-refractivity contribution is -0.142. The molecule has 2 aromatic rings. The topological polar surface area (TPSA) is 58.6 Å². The third-order valence-corrected chi connectivity index (χ3v) is 4.00. The third-order valence-electron chi connectivity index (χ3n) is 4.00. The molecule has 4 nitrogen and oxygen atoms in total. The molecule has 0 aliphatic rings. The molecule has 1 amide bonds. The molecule has 0 aliphatic heterocycles. The lowest BCUT2D eigenvalue weighted by atomic mass is 9.95. The molecule has 0 bridgehead atoms. The minimum absolute atomic E-state index is 0.269. The molecule has 2 rings (SSSR count). The molecule has 2 N–H and O–H groups in total. The summed E-state index contributed by atoms with van der Waals surface area (Å²) in [6.07, 6.45) is 1.64. The fourth-order valence-electron chi connectivity index (χ4n) is 2.60. The molecule has 2 atom stereocenters. The second kappa shape index (κ2) is 9.85. The highest BCUT2D eigenvalue weighted by Gasteiger charge is 2.23. The van der Waals surface area contributed by atoms with Gasteiger partial charge < -0.3 is 5.11 Å². The second-order valence-electron chi connectivity index (χ2n) is 5.97. The van der Waals surface area contributed by atoms with Gasteiger partial charge in [-0.05, 0) is 37.3 Å². The van der Waals surface area contributed by atoms with Crippen LogP contribution in [-0.4, -0.2) is 17.1 Å². The zero-order valence-electron chi connectivity index (χ0n) is 14.0. The van der Waals surface area contributed by atoms with Gasteiger partial charge in [0.25, 0.3) is 0 Å². The van der Waals surface area contributed by atoms with Crippen molar-refractivity contribution in [2.75, 3.05) is 0 Å². The monoisotopic (exact) mass is 327 g/mol. The van der Waals surface area contributed by atoms with E-state index in [0.717, 1.165) is 18.4 Å². The van der Waals surface area contributed by atoms with E-state index in [1.54, 1.807) is 6.92 Å². The average Bonchev–Trinajstić information content (AvgIpc) is 2.60. The molecular formula is C20H25NO3. The molecule has 128 valence electrons. The summed E-state index contributed by atoms with van der Waals surface area (Å²) in [5, 5.41) is 9.88. The van der Waals surface area contributed by atoms with Crippen LogP contribution in [0.3, 0.4) is 0 Å². The maximum Gasteiger partial charge on any atom is 0.249 e. The Morgan fingerprint density at radius 3 is 2.21 bits per heavy atom. The van der Waals surface area contributed by atoms with Gasteiger partial charge in [-0.3, -0.25) is 9.63 Å². The molecule has 2 aromatic carbocycles. The average molecular weight is 327 g/mol. The lowest BCUT2D eigenvalue weighted by Gasteiger charge is -2.19. The van der Waals surface area contributed by atoms with Crippen LogP contribution in [0.1, 0.15) is 30.9 Å². The molecule has 0 spiro atoms. The largest absolute Gasteiger partial charge is 0.393 e. The summed E-state index contributed by atoms with van der Waals surface area (Å²) in [7, 11) is 0. The molecule has 0 unspecified atom stereocenters. The predicted octanol–water partition coefficient (Wildman–Crippen LogP) is 3.25. The molecule has 0 saturated heterocycles. The van der Waals surface area contributed by atoms with E-state index in [1.165, 1.54) is 5.56 Å². The van der Waals surface area contributed by atoms with Gasteiger partial charge in [0.2, 0.25) is 5.91 Å². The minimum Gasteiger partial charge on any atom is -0.393 e. The van der Waals surface area contributed by atoms with Crippen molar-refractivity contribution >= 4 is 5.91 Å². The molecule has 0 aliphatic carbocycles. The number of carbonyl (C=O) groups excluding carboxylic acids is 1. The summed E-state index contributed by atoms with van der Waals surface area (Å²) in [6.45, 7) is 1.95. The number of aliphatic hydroxyl groups is 1. The van der Waals surface area contributed by atoms with Gasteiger partial charge in [-0.2, -0.15) is 0 Å². The molecule has 0 heterocycles. The summed E-state index contributed by atoms with van der Waals surface area (Å²) < 4.78 is 0. The van der Waals surface area contributed by atoms with E-state index >= 15 is 0 Å². The highest BCUT2D eigenvalue weighted by Crippen LogP contribution is 2.15. The number of benzene rings is 2. The van der Waals surface area contributed by atoms with Gasteiger partial charge >= 0.3 is 0 Å². The number of hydrogen-bond acceptors (Lipinski definition) is 3. The molecule has 24 heavy (non-hydrogen) atoms. The normalized spacial score (nSPS) is 13.2. The fourth-order valence-corrected chi connectivity index (χ4v) is 2.60. The summed E-state index contributed by atoms with van der Waals surface area (Å²) in [5.41, 5.74) is 4.68. The summed E-state index contributed by atoms with van der Waals surface area (Å²) in [4.78, 5) is 17.5. The molecule has 0 saturated carbocycles. The van der Waals surface area contributed by atoms with Crippen molar-refractivity contribution in [1.29, 1.82) is 0 Å². The van der Waals surface area contributed by atoms with Gasteiger partial charge in [-0.25, -0.2) is 5.48 Å². The van der Waals surface area contributed by atoms with Crippen molar-refractivity contribution in [3.05, 3.63) is 71.8 Å². The Kier molecular flexibility index (Phi) is 7.46. The van der Waals surface area contributed by atoms with Crippen molar-refractivity contribution < 1.29 is 14.7 Å². The van der Waals surface area contributed by atoms with Crippen molar-refractivity contribution in [2.24, 2.45) is 5.92 Å². The number of aryl methyl sites for hydroxylation is 1. The Labute approximate surface area is 143 Å². The Bertz CT molecular complexity index is 599. The van der Waals surface area contributed by atoms with Crippen molar-refractivity contribution in [3.8, 4) is 0 Å². The van der Waals surface area contributed by atoms with Gasteiger partial charge in [0.15, 0.2) is 0 Å². The summed E-state index contributed by atoms with van der Waals surface area (Å²) in [5.74, 6) is -0.738. The molecular weight excluding hydrogens is 302 g/mol. The number of amides is 1. The van der Waals surface area contributed by atoms with Crippen LogP contribution in [0.2, 0.25) is 0 Å². The molecule has 0 fully saturated rings. The van der Waals surface area contributed by atoms with E-state index < -0.39 is 12.0 Å². The highest BCUT2D eigenvalue weighted by molar-refractivity contribution is 5.78. The van der Waals surface area contributed by atoms with Crippen LogP contribution in [0.5, 0.6) is 0 Å². The Balaban J connectivity index is 1.75. The Morgan fingerprint density at radius 2 is 1.62 bits per heavy atom. The van der Waals surface area contributed by atoms with E-state index in [2.05, 4.69) is 17.6 Å². The highest BCUT2D eigenvalue weighted by atomic mass is 16.6. The minimum atomic E-state index is -0.707. The maximum absolute atomic E-state index is 12.2. The van der Waals surface area contributed by atoms with E-state index in [9.17, 15) is 9.90 Å². The van der Waals surface area contributed by atoms with Crippen LogP contribution >= 0.6 is 0 Å². The standard InChI is InChI=1S/C20H25NO3/c1-16(22)19(14-8-13-17-9-4-2-5-10-17)20(23)21-24-15-18-11-6-3-7-12-18/h2-7,9-12,16,19,22H,8,13-15H2,1H3,(H,21,23)/t16-,19+/m0/s1. The van der Waals surface area contributed by atoms with E-state index in [1.807, 2.05) is 48.5 Å². The van der Waals surface area contributed by atoms with Crippen LogP contribution in [0.25, 0.3) is 0 Å². The van der Waals surface area contributed by atoms with Gasteiger partial charge in [0, 0.05) is 0 Å². The second-order valence-corrected chi connectivity index (χ2v) is 5.97.